The van der Waals surface area contributed by atoms with Crippen molar-refractivity contribution >= 4 is 28.8 Å². The molecule has 0 saturated heterocycles. The molecule has 0 aromatic heterocycles. The highest BCUT2D eigenvalue weighted by atomic mass is 127. The molecule has 5 nitrogen and oxygen atoms in total. The van der Waals surface area contributed by atoms with E-state index in [1.807, 2.05) is 61.8 Å². The number of nitrogens with one attached hydrogen (secondary N) is 1. The predicted molar refractivity (Wildman–Crippen MR) is 92.1 cm³/mol. The fraction of sp³-hybridized carbons (Fsp3) is 0.400. The van der Waals surface area contributed by atoms with Crippen LogP contribution in [0.2, 0.25) is 0 Å². The Morgan fingerprint density at radius 1 is 1.57 bits per heavy atom. The molecule has 1 aromatic rings. The van der Waals surface area contributed by atoms with Gasteiger partial charge in [-0.05, 0) is 38.0 Å². The highest BCUT2D eigenvalue weighted by Crippen LogP contribution is 2.28. The highest BCUT2D eigenvalue weighted by molar-refractivity contribution is 14.1. The number of hydrogen-bond donors (Lipinski definition) is 3. The fourth-order valence-corrected chi connectivity index (χ4v) is 2.72. The number of benzene rings is 1. The Morgan fingerprint density at radius 3 is 2.81 bits per heavy atom. The lowest BCUT2D eigenvalue weighted by Crippen LogP contribution is -2.17. The van der Waals surface area contributed by atoms with E-state index in [0.717, 1.165) is 16.7 Å². The number of aliphatic hydroxyl groups is 1. The molecule has 1 aliphatic heterocycles. The summed E-state index contributed by atoms with van der Waals surface area (Å²) in [6, 6.07) is 5.72. The first-order valence-corrected chi connectivity index (χ1v) is 7.76. The molecule has 1 aliphatic rings. The van der Waals surface area contributed by atoms with Crippen LogP contribution in [-0.4, -0.2) is 23.2 Å². The lowest BCUT2D eigenvalue weighted by Gasteiger charge is -2.18. The Hall–Kier alpha value is -1.28. The predicted octanol–water partition coefficient (Wildman–Crippen LogP) is 2.32. The van der Waals surface area contributed by atoms with Crippen LogP contribution in [0.1, 0.15) is 36.6 Å². The molecule has 0 fully saturated rings. The van der Waals surface area contributed by atoms with Gasteiger partial charge in [-0.1, -0.05) is 12.1 Å². The first kappa shape index (κ1) is 16.1. The van der Waals surface area contributed by atoms with E-state index in [-0.39, 0.29) is 5.54 Å². The average molecular weight is 401 g/mol. The van der Waals surface area contributed by atoms with Crippen molar-refractivity contribution in [2.24, 2.45) is 10.7 Å². The monoisotopic (exact) mass is 401 g/mol. The molecular weight excluding hydrogens is 381 g/mol. The molecule has 2 rings (SSSR count). The van der Waals surface area contributed by atoms with Gasteiger partial charge in [0.05, 0.1) is 34.1 Å². The summed E-state index contributed by atoms with van der Waals surface area (Å²) in [5.41, 5.74) is 8.49. The summed E-state index contributed by atoms with van der Waals surface area (Å²) >= 11 is 1.95. The topological polar surface area (TPSA) is 79.9 Å². The molecule has 1 unspecified atom stereocenters. The van der Waals surface area contributed by atoms with Crippen molar-refractivity contribution < 1.29 is 9.84 Å². The number of nitrogens with two attached hydrogens (primary N) is 1. The van der Waals surface area contributed by atoms with Crippen LogP contribution in [0, 0.1) is 6.92 Å². The van der Waals surface area contributed by atoms with Gasteiger partial charge < -0.3 is 19.1 Å². The average Bonchev–Trinajstić information content (AvgIpc) is 2.80. The van der Waals surface area contributed by atoms with Crippen LogP contribution in [-0.2, 0) is 4.74 Å². The van der Waals surface area contributed by atoms with E-state index in [2.05, 4.69) is 8.52 Å². The summed E-state index contributed by atoms with van der Waals surface area (Å²) in [4.78, 5) is 4.59. The van der Waals surface area contributed by atoms with Crippen molar-refractivity contribution in [3.8, 4) is 0 Å². The van der Waals surface area contributed by atoms with Gasteiger partial charge in [-0.3, -0.25) is 0 Å². The largest absolute Gasteiger partial charge is 0.475 e. The van der Waals surface area contributed by atoms with Gasteiger partial charge in [-0.15, -0.1) is 0 Å². The van der Waals surface area contributed by atoms with Gasteiger partial charge in [0.2, 0.25) is 5.90 Å². The van der Waals surface area contributed by atoms with Gasteiger partial charge >= 0.3 is 0 Å². The molecule has 1 heterocycles. The molecule has 0 spiro atoms. The van der Waals surface area contributed by atoms with Crippen LogP contribution >= 0.6 is 22.9 Å². The Balaban J connectivity index is 2.42. The van der Waals surface area contributed by atoms with Crippen LogP contribution in [0.5, 0.6) is 0 Å². The number of rotatable bonds is 4. The summed E-state index contributed by atoms with van der Waals surface area (Å²) in [5.74, 6) is 0.632. The van der Waals surface area contributed by atoms with Crippen molar-refractivity contribution in [3.63, 3.8) is 0 Å². The van der Waals surface area contributed by atoms with E-state index in [4.69, 9.17) is 10.5 Å². The van der Waals surface area contributed by atoms with E-state index in [1.165, 1.54) is 6.20 Å². The molecule has 0 amide bonds. The normalized spacial score (nSPS) is 18.9. The molecular formula is C15H20IN3O2. The fourth-order valence-electron chi connectivity index (χ4n) is 2.25. The molecule has 0 saturated carbocycles. The standard InChI is InChI=1S/C15H20IN3O2/c1-9-10(13(20)12(7-17)19-16)5-4-6-11(9)14-18-15(2,3)8-21-14/h4-7,13,19-20H,8,17H2,1-3H3/b12-7-. The van der Waals surface area contributed by atoms with Crippen LogP contribution in [0.25, 0.3) is 0 Å². The number of halogens is 1. The lowest BCUT2D eigenvalue weighted by atomic mass is 9.97. The highest BCUT2D eigenvalue weighted by Gasteiger charge is 2.28. The molecule has 0 bridgehead atoms. The minimum Gasteiger partial charge on any atom is -0.475 e. The number of hydrogen-bond acceptors (Lipinski definition) is 5. The number of aliphatic imine (C=N–C) groups is 1. The summed E-state index contributed by atoms with van der Waals surface area (Å²) in [7, 11) is 0. The summed E-state index contributed by atoms with van der Waals surface area (Å²) < 4.78 is 8.57. The molecule has 0 aliphatic carbocycles. The zero-order valence-electron chi connectivity index (χ0n) is 12.4. The second-order valence-corrected chi connectivity index (χ2v) is 6.20. The maximum Gasteiger partial charge on any atom is 0.217 e. The Kier molecular flexibility index (Phi) is 4.77. The van der Waals surface area contributed by atoms with Gasteiger partial charge in [-0.25, -0.2) is 4.99 Å². The van der Waals surface area contributed by atoms with Crippen molar-refractivity contribution in [3.05, 3.63) is 46.8 Å². The minimum atomic E-state index is -0.804. The molecule has 0 radical (unpaired) electrons. The second-order valence-electron chi connectivity index (χ2n) is 5.66. The summed E-state index contributed by atoms with van der Waals surface area (Å²) in [6.45, 7) is 6.58. The SMILES string of the molecule is Cc1c(C2=NC(C)(C)CO2)cccc1C(O)/C(=C/N)NI. The Labute approximate surface area is 138 Å². The van der Waals surface area contributed by atoms with Crippen LogP contribution in [0.4, 0.5) is 0 Å². The first-order chi connectivity index (χ1) is 9.89. The van der Waals surface area contributed by atoms with Gasteiger partial charge in [0.25, 0.3) is 0 Å². The molecule has 21 heavy (non-hydrogen) atoms. The zero-order valence-corrected chi connectivity index (χ0v) is 14.5. The van der Waals surface area contributed by atoms with E-state index < -0.39 is 6.10 Å². The molecule has 1 aromatic carbocycles. The molecule has 6 heteroatoms. The second kappa shape index (κ2) is 6.23. The minimum absolute atomic E-state index is 0.206. The van der Waals surface area contributed by atoms with Crippen molar-refractivity contribution in [2.75, 3.05) is 6.61 Å². The third kappa shape index (κ3) is 3.32. The van der Waals surface area contributed by atoms with Gasteiger partial charge in [0.15, 0.2) is 0 Å². The van der Waals surface area contributed by atoms with Crippen molar-refractivity contribution in [2.45, 2.75) is 32.4 Å². The first-order valence-electron chi connectivity index (χ1n) is 6.68. The number of ether oxygens (including phenoxy) is 1. The number of aliphatic hydroxyl groups excluding tert-OH is 1. The van der Waals surface area contributed by atoms with E-state index in [0.29, 0.717) is 18.2 Å². The van der Waals surface area contributed by atoms with E-state index >= 15 is 0 Å². The maximum absolute atomic E-state index is 10.4. The summed E-state index contributed by atoms with van der Waals surface area (Å²) in [6.07, 6.45) is 0.567. The Morgan fingerprint density at radius 2 is 2.29 bits per heavy atom. The smallest absolute Gasteiger partial charge is 0.217 e. The molecule has 1 atom stereocenters. The quantitative estimate of drug-likeness (QED) is 0.535. The van der Waals surface area contributed by atoms with Crippen molar-refractivity contribution in [1.29, 1.82) is 0 Å². The Bertz CT molecular complexity index is 597. The van der Waals surface area contributed by atoms with Crippen LogP contribution in [0.3, 0.4) is 0 Å². The third-order valence-corrected chi connectivity index (χ3v) is 4.07. The van der Waals surface area contributed by atoms with E-state index in [1.54, 1.807) is 0 Å². The van der Waals surface area contributed by atoms with Gasteiger partial charge in [0.1, 0.15) is 12.7 Å². The molecule has 4 N–H and O–H groups in total. The molecule has 114 valence electrons. The van der Waals surface area contributed by atoms with Gasteiger partial charge in [0, 0.05) is 11.8 Å². The lowest BCUT2D eigenvalue weighted by molar-refractivity contribution is 0.211. The third-order valence-electron chi connectivity index (χ3n) is 3.45. The van der Waals surface area contributed by atoms with Crippen molar-refractivity contribution in [1.82, 2.24) is 3.53 Å². The van der Waals surface area contributed by atoms with Crippen LogP contribution in [0.15, 0.2) is 35.1 Å². The van der Waals surface area contributed by atoms with Gasteiger partial charge in [-0.2, -0.15) is 0 Å². The number of nitrogens with zero attached hydrogens (tertiary/aromatic N) is 1. The van der Waals surface area contributed by atoms with Crippen LogP contribution < -0.4 is 9.26 Å². The summed E-state index contributed by atoms with van der Waals surface area (Å²) in [5, 5.41) is 10.4. The van der Waals surface area contributed by atoms with E-state index in [9.17, 15) is 5.11 Å². The maximum atomic E-state index is 10.4. The zero-order chi connectivity index (χ0) is 15.6.